The number of hydrogen-bond donors (Lipinski definition) is 0. The van der Waals surface area contributed by atoms with Gasteiger partial charge in [-0.15, -0.1) is 12.4 Å². The van der Waals surface area contributed by atoms with Gasteiger partial charge in [-0.05, 0) is 0 Å². The van der Waals surface area contributed by atoms with Crippen LogP contribution in [0.1, 0.15) is 19.8 Å². The van der Waals surface area contributed by atoms with Crippen molar-refractivity contribution in [1.82, 2.24) is 0 Å². The second kappa shape index (κ2) is 6.98. The third-order valence-corrected chi connectivity index (χ3v) is 12.5. The predicted octanol–water partition coefficient (Wildman–Crippen LogP) is 3.04. The molecule has 0 unspecified atom stereocenters. The monoisotopic (exact) mass is 285 g/mol. The summed E-state index contributed by atoms with van der Waals surface area (Å²) in [6.07, 6.45) is 2.85. The molecule has 0 amide bonds. The van der Waals surface area contributed by atoms with Gasteiger partial charge in [0.05, 0.1) is 0 Å². The van der Waals surface area contributed by atoms with Crippen LogP contribution >= 0.6 is 12.4 Å². The second-order valence-corrected chi connectivity index (χ2v) is 11.7. The first-order valence-electron chi connectivity index (χ1n) is 3.77. The molecular formula is C7H18ClSiSn. The molecule has 0 heterocycles. The van der Waals surface area contributed by atoms with Gasteiger partial charge in [0.2, 0.25) is 0 Å². The van der Waals surface area contributed by atoms with Gasteiger partial charge in [0.15, 0.2) is 0 Å². The zero-order valence-electron chi connectivity index (χ0n) is 7.24. The number of hydrogen-bond acceptors (Lipinski definition) is 0. The zero-order valence-corrected chi connectivity index (χ0v) is 11.9. The number of rotatable bonds is 4. The quantitative estimate of drug-likeness (QED) is 0.696. The average molecular weight is 284 g/mol. The topological polar surface area (TPSA) is 0 Å². The van der Waals surface area contributed by atoms with E-state index in [0.717, 1.165) is 0 Å². The maximum absolute atomic E-state index is 2.51. The summed E-state index contributed by atoms with van der Waals surface area (Å²) in [5.41, 5.74) is 0. The molecule has 0 saturated carbocycles. The van der Waals surface area contributed by atoms with Gasteiger partial charge in [0.1, 0.15) is 0 Å². The Balaban J connectivity index is 0. The van der Waals surface area contributed by atoms with Crippen LogP contribution in [-0.2, 0) is 0 Å². The van der Waals surface area contributed by atoms with Gasteiger partial charge in [-0.2, -0.15) is 0 Å². The minimum absolute atomic E-state index is 0. The minimum Gasteiger partial charge on any atom is -0.147 e. The molecule has 0 aromatic carbocycles. The van der Waals surface area contributed by atoms with E-state index in [1.807, 2.05) is 0 Å². The largest absolute Gasteiger partial charge is 0.147 e. The fourth-order valence-corrected chi connectivity index (χ4v) is 3.74. The molecule has 10 heavy (non-hydrogen) atoms. The van der Waals surface area contributed by atoms with Gasteiger partial charge >= 0.3 is 73.6 Å². The van der Waals surface area contributed by atoms with Gasteiger partial charge in [-0.1, -0.05) is 0 Å². The van der Waals surface area contributed by atoms with Gasteiger partial charge in [0.25, 0.3) is 0 Å². The zero-order chi connectivity index (χ0) is 7.33. The van der Waals surface area contributed by atoms with Crippen LogP contribution in [0.3, 0.4) is 0 Å². The van der Waals surface area contributed by atoms with Gasteiger partial charge < -0.3 is 0 Å². The summed E-state index contributed by atoms with van der Waals surface area (Å²) in [6.45, 7) is 7.31. The first kappa shape index (κ1) is 13.9. The molecule has 0 aromatic rings. The van der Waals surface area contributed by atoms with Crippen LogP contribution in [0.2, 0.25) is 23.2 Å². The fraction of sp³-hybridized carbons (Fsp3) is 1.00. The average Bonchev–Trinajstić information content (AvgIpc) is 1.84. The standard InChI is InChI=1S/C7H17Si.ClH.Sn/c1-5-6-7-8(2,3)4;;/h2,5-7H2,1,3-4H3;1H;. The molecule has 0 aromatic heterocycles. The molecule has 0 atom stereocenters. The predicted molar refractivity (Wildman–Crippen MR) is 55.0 cm³/mol. The first-order valence-corrected chi connectivity index (χ1v) is 9.20. The van der Waals surface area contributed by atoms with Crippen molar-refractivity contribution in [2.24, 2.45) is 0 Å². The van der Waals surface area contributed by atoms with E-state index in [9.17, 15) is 0 Å². The van der Waals surface area contributed by atoms with Gasteiger partial charge in [-0.3, -0.25) is 0 Å². The molecule has 0 bridgehead atoms. The van der Waals surface area contributed by atoms with E-state index in [4.69, 9.17) is 0 Å². The van der Waals surface area contributed by atoms with Crippen LogP contribution in [0.15, 0.2) is 0 Å². The summed E-state index contributed by atoms with van der Waals surface area (Å²) < 4.78 is 1.54. The van der Waals surface area contributed by atoms with Crippen LogP contribution in [0.4, 0.5) is 0 Å². The van der Waals surface area contributed by atoms with E-state index in [2.05, 4.69) is 20.0 Å². The summed E-state index contributed by atoms with van der Waals surface area (Å²) in [7, 11) is -0.658. The van der Waals surface area contributed by atoms with Crippen molar-refractivity contribution >= 4 is 43.0 Å². The summed E-state index contributed by atoms with van der Waals surface area (Å²) in [5, 5.41) is 0. The van der Waals surface area contributed by atoms with E-state index in [1.54, 1.807) is 32.6 Å². The van der Waals surface area contributed by atoms with E-state index in [1.165, 1.54) is 12.8 Å². The molecule has 0 aliphatic heterocycles. The van der Waals surface area contributed by atoms with E-state index >= 15 is 0 Å². The van der Waals surface area contributed by atoms with E-state index < -0.39 is 8.07 Å². The fourth-order valence-electron chi connectivity index (χ4n) is 0.744. The van der Waals surface area contributed by atoms with Crippen molar-refractivity contribution in [1.29, 1.82) is 0 Å². The molecule has 0 spiro atoms. The number of halogens is 1. The van der Waals surface area contributed by atoms with E-state index in [-0.39, 0.29) is 12.4 Å². The van der Waals surface area contributed by atoms with Crippen molar-refractivity contribution in [2.45, 2.75) is 43.0 Å². The molecule has 0 N–H and O–H groups in total. The third-order valence-electron chi connectivity index (χ3n) is 1.69. The molecule has 0 rings (SSSR count). The van der Waals surface area contributed by atoms with Crippen LogP contribution in [-0.4, -0.2) is 30.6 Å². The maximum Gasteiger partial charge on any atom is -0.147 e. The van der Waals surface area contributed by atoms with Crippen LogP contribution in [0, 0.1) is 0 Å². The normalized spacial score (nSPS) is 10.8. The van der Waals surface area contributed by atoms with Crippen molar-refractivity contribution in [3.8, 4) is 0 Å². The Labute approximate surface area is 85.7 Å². The first-order chi connectivity index (χ1) is 4.12. The molecule has 3 radical (unpaired) electrons. The van der Waals surface area contributed by atoms with Crippen molar-refractivity contribution in [3.05, 3.63) is 0 Å². The third kappa shape index (κ3) is 7.41. The molecule has 0 aliphatic carbocycles. The van der Waals surface area contributed by atoms with Crippen LogP contribution in [0.25, 0.3) is 0 Å². The Hall–Kier alpha value is 1.31. The molecule has 0 aliphatic rings. The Morgan fingerprint density at radius 3 is 2.10 bits per heavy atom. The van der Waals surface area contributed by atoms with Crippen molar-refractivity contribution in [3.63, 3.8) is 0 Å². The SMILES string of the molecule is CCCC[Si](C)(C)[CH2][Sn].Cl. The Kier molecular flexibility index (Phi) is 9.68. The molecule has 61 valence electrons. The second-order valence-electron chi connectivity index (χ2n) is 3.44. The van der Waals surface area contributed by atoms with Crippen LogP contribution < -0.4 is 0 Å². The Bertz CT molecular complexity index is 76.0. The maximum atomic E-state index is 2.51. The van der Waals surface area contributed by atoms with Crippen molar-refractivity contribution < 1.29 is 0 Å². The van der Waals surface area contributed by atoms with Crippen molar-refractivity contribution in [2.75, 3.05) is 0 Å². The minimum atomic E-state index is -0.658. The molecule has 0 fully saturated rings. The summed E-state index contributed by atoms with van der Waals surface area (Å²) >= 11 is 1.75. The number of unbranched alkanes of at least 4 members (excludes halogenated alkanes) is 1. The van der Waals surface area contributed by atoms with E-state index in [0.29, 0.717) is 0 Å². The Morgan fingerprint density at radius 2 is 1.80 bits per heavy atom. The molecular weight excluding hydrogens is 266 g/mol. The Morgan fingerprint density at radius 1 is 1.30 bits per heavy atom. The smallest absolute Gasteiger partial charge is 0.147 e. The van der Waals surface area contributed by atoms with Gasteiger partial charge in [0, 0.05) is 0 Å². The molecule has 0 saturated heterocycles. The summed E-state index contributed by atoms with van der Waals surface area (Å²) in [4.78, 5) is 0. The summed E-state index contributed by atoms with van der Waals surface area (Å²) in [5.74, 6) is 0. The molecule has 0 nitrogen and oxygen atoms in total. The molecule has 3 heteroatoms. The van der Waals surface area contributed by atoms with Gasteiger partial charge in [-0.25, -0.2) is 0 Å². The van der Waals surface area contributed by atoms with Crippen LogP contribution in [0.5, 0.6) is 0 Å². The summed E-state index contributed by atoms with van der Waals surface area (Å²) in [6, 6.07) is 1.55.